The second kappa shape index (κ2) is 11.6. The zero-order valence-corrected chi connectivity index (χ0v) is 22.5. The molecule has 0 amide bonds. The highest BCUT2D eigenvalue weighted by Gasteiger charge is 2.13. The predicted molar refractivity (Wildman–Crippen MR) is 167 cm³/mol. The van der Waals surface area contributed by atoms with Gasteiger partial charge in [0.05, 0.1) is 0 Å². The summed E-state index contributed by atoms with van der Waals surface area (Å²) in [7, 11) is 0. The van der Waals surface area contributed by atoms with Gasteiger partial charge in [0.2, 0.25) is 0 Å². The maximum atomic E-state index is 11.1. The summed E-state index contributed by atoms with van der Waals surface area (Å²) in [6.07, 6.45) is 1.33. The average Bonchev–Trinajstić information content (AvgIpc) is 3.72. The minimum atomic E-state index is -1.25. The molecule has 0 saturated heterocycles. The van der Waals surface area contributed by atoms with Crippen molar-refractivity contribution < 1.29 is 9.90 Å². The van der Waals surface area contributed by atoms with Crippen LogP contribution in [0.25, 0.3) is 39.8 Å². The molecule has 0 bridgehead atoms. The molecule has 4 aromatic carbocycles. The molecule has 6 nitrogen and oxygen atoms in total. The molecule has 6 aromatic rings. The van der Waals surface area contributed by atoms with E-state index in [0.717, 1.165) is 50.8 Å². The normalized spacial score (nSPS) is 11.2. The third kappa shape index (κ3) is 5.48. The van der Waals surface area contributed by atoms with Crippen LogP contribution in [0.1, 0.15) is 5.69 Å². The summed E-state index contributed by atoms with van der Waals surface area (Å²) in [4.78, 5) is 20.1. The number of hydrogen-bond donors (Lipinski definition) is 3. The van der Waals surface area contributed by atoms with Crippen molar-refractivity contribution in [3.63, 3.8) is 0 Å². The molecule has 0 aliphatic carbocycles. The molecular formula is C36H26N4O2. The molecule has 2 heterocycles. The minimum absolute atomic E-state index is 0.319. The van der Waals surface area contributed by atoms with Crippen molar-refractivity contribution >= 4 is 29.1 Å². The maximum absolute atomic E-state index is 11.1. The molecule has 3 N–H and O–H groups in total. The summed E-state index contributed by atoms with van der Waals surface area (Å²) in [5.41, 5.74) is 9.47. The highest BCUT2D eigenvalue weighted by molar-refractivity contribution is 5.96. The number of nitrogens with one attached hydrogen (secondary N) is 2. The number of aromatic nitrogens is 2. The zero-order chi connectivity index (χ0) is 28.9. The number of aliphatic carboxylic acids is 1. The molecule has 0 aliphatic rings. The van der Waals surface area contributed by atoms with Crippen molar-refractivity contribution in [2.24, 2.45) is 0 Å². The standard InChI is InChI=1S/C36H26N4O2/c37-24-28(36(41)42)23-29-17-20-33(38-29)25-11-13-26(14-12-25)34-21-22-35(39-34)27-15-18-32(19-16-27)40(30-7-3-1-4-8-30)31-9-5-2-6-10-31/h1-23,38-39H,(H,41,42)/b28-23+. The largest absolute Gasteiger partial charge is 0.477 e. The summed E-state index contributed by atoms with van der Waals surface area (Å²) >= 11 is 0. The van der Waals surface area contributed by atoms with Crippen molar-refractivity contribution in [2.45, 2.75) is 0 Å². The quantitative estimate of drug-likeness (QED) is 0.131. The fourth-order valence-corrected chi connectivity index (χ4v) is 4.91. The Labute approximate surface area is 243 Å². The van der Waals surface area contributed by atoms with E-state index in [0.29, 0.717) is 5.69 Å². The number of rotatable bonds is 8. The molecule has 0 spiro atoms. The van der Waals surface area contributed by atoms with E-state index in [4.69, 9.17) is 10.4 Å². The first-order valence-corrected chi connectivity index (χ1v) is 13.4. The molecule has 0 saturated carbocycles. The van der Waals surface area contributed by atoms with Crippen LogP contribution in [0.4, 0.5) is 17.1 Å². The molecule has 6 heteroatoms. The zero-order valence-electron chi connectivity index (χ0n) is 22.5. The van der Waals surface area contributed by atoms with Crippen molar-refractivity contribution in [3.05, 3.63) is 145 Å². The molecule has 0 aliphatic heterocycles. The van der Waals surface area contributed by atoms with Gasteiger partial charge in [0.1, 0.15) is 11.6 Å². The number of carbonyl (C=O) groups is 1. The van der Waals surface area contributed by atoms with Gasteiger partial charge in [0.15, 0.2) is 0 Å². The number of nitriles is 1. The minimum Gasteiger partial charge on any atom is -0.477 e. The third-order valence-electron chi connectivity index (χ3n) is 7.02. The van der Waals surface area contributed by atoms with Gasteiger partial charge in [-0.25, -0.2) is 4.79 Å². The Bertz CT molecular complexity index is 1850. The molecule has 0 unspecified atom stereocenters. The van der Waals surface area contributed by atoms with Gasteiger partial charge in [0, 0.05) is 39.8 Å². The van der Waals surface area contributed by atoms with Crippen LogP contribution in [0.2, 0.25) is 0 Å². The number of para-hydroxylation sites is 2. The van der Waals surface area contributed by atoms with Gasteiger partial charge >= 0.3 is 5.97 Å². The molecule has 0 atom stereocenters. The number of anilines is 3. The van der Waals surface area contributed by atoms with Crippen LogP contribution in [0.15, 0.2) is 139 Å². The van der Waals surface area contributed by atoms with Gasteiger partial charge in [-0.3, -0.25) is 0 Å². The Morgan fingerprint density at radius 1 is 0.595 bits per heavy atom. The van der Waals surface area contributed by atoms with Crippen LogP contribution < -0.4 is 4.90 Å². The van der Waals surface area contributed by atoms with E-state index in [2.05, 4.69) is 75.5 Å². The van der Waals surface area contributed by atoms with E-state index < -0.39 is 5.97 Å². The molecule has 6 rings (SSSR count). The Balaban J connectivity index is 1.21. The Morgan fingerprint density at radius 3 is 1.50 bits per heavy atom. The Morgan fingerprint density at radius 2 is 1.02 bits per heavy atom. The fourth-order valence-electron chi connectivity index (χ4n) is 4.91. The molecule has 0 radical (unpaired) electrons. The van der Waals surface area contributed by atoms with E-state index in [1.165, 1.54) is 6.08 Å². The number of nitrogens with zero attached hydrogens (tertiary/aromatic N) is 2. The molecule has 2 aromatic heterocycles. The van der Waals surface area contributed by atoms with Crippen molar-refractivity contribution in [1.82, 2.24) is 9.97 Å². The maximum Gasteiger partial charge on any atom is 0.346 e. The Kier molecular flexibility index (Phi) is 7.22. The molecule has 0 fully saturated rings. The first kappa shape index (κ1) is 26.2. The summed E-state index contributed by atoms with van der Waals surface area (Å²) in [6.45, 7) is 0. The van der Waals surface area contributed by atoms with E-state index in [9.17, 15) is 4.79 Å². The van der Waals surface area contributed by atoms with Crippen LogP contribution in [0.3, 0.4) is 0 Å². The summed E-state index contributed by atoms with van der Waals surface area (Å²) in [5, 5.41) is 18.1. The van der Waals surface area contributed by atoms with Crippen LogP contribution in [0, 0.1) is 11.3 Å². The number of benzene rings is 4. The van der Waals surface area contributed by atoms with E-state index >= 15 is 0 Å². The second-order valence-electron chi connectivity index (χ2n) is 9.72. The first-order valence-electron chi connectivity index (χ1n) is 13.4. The van der Waals surface area contributed by atoms with Crippen LogP contribution in [0.5, 0.6) is 0 Å². The van der Waals surface area contributed by atoms with Crippen LogP contribution >= 0.6 is 0 Å². The van der Waals surface area contributed by atoms with E-state index in [1.807, 2.05) is 66.7 Å². The number of carboxylic acids is 1. The van der Waals surface area contributed by atoms with Gasteiger partial charge in [-0.15, -0.1) is 0 Å². The summed E-state index contributed by atoms with van der Waals surface area (Å²) in [5.74, 6) is -1.25. The van der Waals surface area contributed by atoms with Gasteiger partial charge in [-0.2, -0.15) is 5.26 Å². The highest BCUT2D eigenvalue weighted by atomic mass is 16.4. The number of hydrogen-bond acceptors (Lipinski definition) is 3. The van der Waals surface area contributed by atoms with Crippen molar-refractivity contribution in [1.29, 1.82) is 5.26 Å². The third-order valence-corrected chi connectivity index (χ3v) is 7.02. The lowest BCUT2D eigenvalue weighted by molar-refractivity contribution is -0.132. The lowest BCUT2D eigenvalue weighted by Gasteiger charge is -2.25. The van der Waals surface area contributed by atoms with Gasteiger partial charge < -0.3 is 20.0 Å². The average molecular weight is 547 g/mol. The molecular weight excluding hydrogens is 520 g/mol. The first-order chi connectivity index (χ1) is 20.6. The molecule has 202 valence electrons. The van der Waals surface area contributed by atoms with Crippen LogP contribution in [-0.2, 0) is 4.79 Å². The van der Waals surface area contributed by atoms with Crippen LogP contribution in [-0.4, -0.2) is 21.0 Å². The summed E-state index contributed by atoms with van der Waals surface area (Å²) in [6, 6.07) is 46.8. The fraction of sp³-hybridized carbons (Fsp3) is 0. The van der Waals surface area contributed by atoms with Crippen molar-refractivity contribution in [3.8, 4) is 39.8 Å². The smallest absolute Gasteiger partial charge is 0.346 e. The van der Waals surface area contributed by atoms with E-state index in [-0.39, 0.29) is 5.57 Å². The number of carboxylic acid groups (broad SMARTS) is 1. The lowest BCUT2D eigenvalue weighted by Crippen LogP contribution is -2.09. The van der Waals surface area contributed by atoms with Gasteiger partial charge in [-0.1, -0.05) is 72.8 Å². The number of aromatic amines is 2. The van der Waals surface area contributed by atoms with Gasteiger partial charge in [0.25, 0.3) is 0 Å². The Hall–Kier alpha value is -6.06. The second-order valence-corrected chi connectivity index (χ2v) is 9.72. The SMILES string of the molecule is N#C/C(=C\c1ccc(-c2ccc(-c3ccc(-c4ccc(N(c5ccccc5)c5ccccc5)cc4)[nH]3)cc2)[nH]1)C(=O)O. The monoisotopic (exact) mass is 546 g/mol. The number of H-pyrrole nitrogens is 2. The highest BCUT2D eigenvalue weighted by Crippen LogP contribution is 2.35. The molecule has 42 heavy (non-hydrogen) atoms. The lowest BCUT2D eigenvalue weighted by atomic mass is 10.1. The topological polar surface area (TPSA) is 95.9 Å². The predicted octanol–water partition coefficient (Wildman–Crippen LogP) is 8.81. The van der Waals surface area contributed by atoms with Gasteiger partial charge in [-0.05, 0) is 83.4 Å². The van der Waals surface area contributed by atoms with E-state index in [1.54, 1.807) is 12.1 Å². The summed E-state index contributed by atoms with van der Waals surface area (Å²) < 4.78 is 0. The van der Waals surface area contributed by atoms with Crippen molar-refractivity contribution in [2.75, 3.05) is 4.90 Å².